The van der Waals surface area contributed by atoms with Gasteiger partial charge >= 0.3 is 5.97 Å². The van der Waals surface area contributed by atoms with Crippen LogP contribution in [0, 0.1) is 0 Å². The van der Waals surface area contributed by atoms with Crippen molar-refractivity contribution in [3.63, 3.8) is 0 Å². The molecular formula is C10H12N2O6. The van der Waals surface area contributed by atoms with Crippen LogP contribution >= 0.6 is 0 Å². The van der Waals surface area contributed by atoms with Crippen molar-refractivity contribution in [3.05, 3.63) is 24.2 Å². The summed E-state index contributed by atoms with van der Waals surface area (Å²) in [5, 5.41) is 12.2. The molecule has 1 aromatic heterocycles. The normalized spacial score (nSPS) is 11.1. The van der Waals surface area contributed by atoms with Crippen LogP contribution in [0.2, 0.25) is 0 Å². The highest BCUT2D eigenvalue weighted by Gasteiger charge is 2.16. The number of furan rings is 1. The Balaban J connectivity index is 2.53. The van der Waals surface area contributed by atoms with Crippen LogP contribution in [0.1, 0.15) is 12.7 Å². The zero-order chi connectivity index (χ0) is 13.4. The second-order valence-electron chi connectivity index (χ2n) is 2.95. The van der Waals surface area contributed by atoms with E-state index in [0.717, 1.165) is 0 Å². The van der Waals surface area contributed by atoms with Gasteiger partial charge in [0.15, 0.2) is 12.4 Å². The maximum Gasteiger partial charge on any atom is 0.361 e. The van der Waals surface area contributed by atoms with E-state index in [9.17, 15) is 9.59 Å². The van der Waals surface area contributed by atoms with Crippen molar-refractivity contribution in [1.29, 1.82) is 0 Å². The van der Waals surface area contributed by atoms with Gasteiger partial charge in [-0.2, -0.15) is 0 Å². The number of oxime groups is 1. The Kier molecular flexibility index (Phi) is 5.39. The van der Waals surface area contributed by atoms with E-state index in [0.29, 0.717) is 6.61 Å². The Bertz CT molecular complexity index is 426. The van der Waals surface area contributed by atoms with Gasteiger partial charge in [0.1, 0.15) is 0 Å². The van der Waals surface area contributed by atoms with Crippen LogP contribution in [0.3, 0.4) is 0 Å². The van der Waals surface area contributed by atoms with E-state index in [1.54, 1.807) is 6.92 Å². The molecule has 2 N–H and O–H groups in total. The summed E-state index contributed by atoms with van der Waals surface area (Å²) in [7, 11) is 0. The molecule has 0 fully saturated rings. The molecule has 8 heteroatoms. The maximum absolute atomic E-state index is 11.0. The molecule has 18 heavy (non-hydrogen) atoms. The first-order chi connectivity index (χ1) is 8.65. The number of carbonyl (C=O) groups excluding carboxylic acids is 1. The predicted octanol–water partition coefficient (Wildman–Crippen LogP) is 0.153. The quantitative estimate of drug-likeness (QED) is 0.530. The Morgan fingerprint density at radius 1 is 1.56 bits per heavy atom. The van der Waals surface area contributed by atoms with Gasteiger partial charge in [-0.3, -0.25) is 9.63 Å². The summed E-state index contributed by atoms with van der Waals surface area (Å²) >= 11 is 0. The molecule has 0 aliphatic rings. The van der Waals surface area contributed by atoms with Gasteiger partial charge in [0, 0.05) is 0 Å². The van der Waals surface area contributed by atoms with Crippen LogP contribution in [-0.4, -0.2) is 35.9 Å². The lowest BCUT2D eigenvalue weighted by atomic mass is 10.3. The van der Waals surface area contributed by atoms with Crippen LogP contribution in [0.4, 0.5) is 0 Å². The van der Waals surface area contributed by atoms with Gasteiger partial charge in [-0.1, -0.05) is 5.16 Å². The minimum atomic E-state index is -1.32. The first kappa shape index (κ1) is 13.7. The number of amides is 1. The minimum absolute atomic E-state index is 0.0349. The van der Waals surface area contributed by atoms with E-state index in [2.05, 4.69) is 20.3 Å². The third-order valence-electron chi connectivity index (χ3n) is 1.64. The molecule has 8 nitrogen and oxygen atoms in total. The monoisotopic (exact) mass is 256 g/mol. The summed E-state index contributed by atoms with van der Waals surface area (Å²) in [6, 6.07) is 2.92. The third-order valence-corrected chi connectivity index (χ3v) is 1.64. The van der Waals surface area contributed by atoms with Crippen molar-refractivity contribution in [3.8, 4) is 0 Å². The molecule has 1 rings (SSSR count). The highest BCUT2D eigenvalue weighted by molar-refractivity contribution is 6.41. The van der Waals surface area contributed by atoms with E-state index >= 15 is 0 Å². The molecule has 0 aliphatic carbocycles. The maximum atomic E-state index is 11.0. The second kappa shape index (κ2) is 7.07. The van der Waals surface area contributed by atoms with Gasteiger partial charge in [-0.25, -0.2) is 10.3 Å². The first-order valence-corrected chi connectivity index (χ1v) is 5.03. The molecule has 0 saturated carbocycles. The molecule has 0 aliphatic heterocycles. The van der Waals surface area contributed by atoms with Crippen molar-refractivity contribution in [2.75, 3.05) is 13.2 Å². The SMILES string of the molecule is CCONC(=O)CO/N=C(/C(=O)O)c1ccco1. The lowest BCUT2D eigenvalue weighted by Gasteiger charge is -2.02. The van der Waals surface area contributed by atoms with E-state index in [4.69, 9.17) is 9.52 Å². The van der Waals surface area contributed by atoms with Crippen molar-refractivity contribution in [2.45, 2.75) is 6.92 Å². The van der Waals surface area contributed by atoms with E-state index in [-0.39, 0.29) is 5.76 Å². The van der Waals surface area contributed by atoms with E-state index in [1.807, 2.05) is 0 Å². The number of aliphatic carboxylic acids is 1. The number of nitrogens with zero attached hydrogens (tertiary/aromatic N) is 1. The molecule has 98 valence electrons. The third kappa shape index (κ3) is 4.26. The number of rotatable bonds is 7. The molecule has 1 aromatic rings. The summed E-state index contributed by atoms with van der Waals surface area (Å²) < 4.78 is 4.86. The van der Waals surface area contributed by atoms with Crippen LogP contribution in [-0.2, 0) is 19.3 Å². The predicted molar refractivity (Wildman–Crippen MR) is 58.6 cm³/mol. The van der Waals surface area contributed by atoms with Gasteiger partial charge in [-0.05, 0) is 19.1 Å². The Morgan fingerprint density at radius 3 is 2.89 bits per heavy atom. The van der Waals surface area contributed by atoms with Gasteiger partial charge in [-0.15, -0.1) is 0 Å². The van der Waals surface area contributed by atoms with Gasteiger partial charge in [0.25, 0.3) is 5.91 Å². The number of carboxylic acids is 1. The molecule has 0 unspecified atom stereocenters. The average molecular weight is 256 g/mol. The van der Waals surface area contributed by atoms with Crippen LogP contribution in [0.15, 0.2) is 28.0 Å². The van der Waals surface area contributed by atoms with E-state index in [1.165, 1.54) is 18.4 Å². The Morgan fingerprint density at radius 2 is 2.33 bits per heavy atom. The summed E-state index contributed by atoms with van der Waals surface area (Å²) in [5.41, 5.74) is 1.64. The van der Waals surface area contributed by atoms with Crippen LogP contribution < -0.4 is 5.48 Å². The average Bonchev–Trinajstić information content (AvgIpc) is 2.85. The highest BCUT2D eigenvalue weighted by atomic mass is 16.7. The minimum Gasteiger partial charge on any atom is -0.476 e. The molecular weight excluding hydrogens is 244 g/mol. The topological polar surface area (TPSA) is 110 Å². The molecule has 0 aromatic carbocycles. The first-order valence-electron chi connectivity index (χ1n) is 5.03. The van der Waals surface area contributed by atoms with Crippen LogP contribution in [0.5, 0.6) is 0 Å². The van der Waals surface area contributed by atoms with Gasteiger partial charge < -0.3 is 14.4 Å². The largest absolute Gasteiger partial charge is 0.476 e. The fourth-order valence-corrected chi connectivity index (χ4v) is 0.940. The molecule has 0 spiro atoms. The summed E-state index contributed by atoms with van der Waals surface area (Å²) in [6.07, 6.45) is 1.30. The van der Waals surface area contributed by atoms with Crippen molar-refractivity contribution in [1.82, 2.24) is 5.48 Å². The zero-order valence-electron chi connectivity index (χ0n) is 9.58. The van der Waals surface area contributed by atoms with Crippen LogP contribution in [0.25, 0.3) is 0 Å². The number of carboxylic acid groups (broad SMARTS) is 1. The number of hydrogen-bond donors (Lipinski definition) is 2. The molecule has 1 amide bonds. The Labute approximate surface area is 102 Å². The summed E-state index contributed by atoms with van der Waals surface area (Å²) in [5.74, 6) is -1.87. The second-order valence-corrected chi connectivity index (χ2v) is 2.95. The molecule has 0 radical (unpaired) electrons. The van der Waals surface area contributed by atoms with Gasteiger partial charge in [0.05, 0.1) is 12.9 Å². The smallest absolute Gasteiger partial charge is 0.361 e. The fourth-order valence-electron chi connectivity index (χ4n) is 0.940. The number of nitrogens with one attached hydrogen (secondary N) is 1. The highest BCUT2D eigenvalue weighted by Crippen LogP contribution is 2.03. The lowest BCUT2D eigenvalue weighted by Crippen LogP contribution is -2.27. The van der Waals surface area contributed by atoms with Crippen molar-refractivity contribution in [2.24, 2.45) is 5.16 Å². The van der Waals surface area contributed by atoms with E-state index < -0.39 is 24.2 Å². The molecule has 0 bridgehead atoms. The van der Waals surface area contributed by atoms with Crippen molar-refractivity contribution < 1.29 is 28.8 Å². The molecule has 0 saturated heterocycles. The standard InChI is InChI=1S/C10H12N2O6/c1-2-17-11-8(13)6-18-12-9(10(14)15)7-4-3-5-16-7/h3-5H,2,6H2,1H3,(H,11,13)(H,14,15)/b12-9+. The zero-order valence-corrected chi connectivity index (χ0v) is 9.58. The number of hydrogen-bond acceptors (Lipinski definition) is 6. The summed E-state index contributed by atoms with van der Waals surface area (Å²) in [6.45, 7) is 1.54. The lowest BCUT2D eigenvalue weighted by molar-refractivity contribution is -0.138. The Hall–Kier alpha value is -2.35. The molecule has 0 atom stereocenters. The molecule has 1 heterocycles. The number of carbonyl (C=O) groups is 2. The fraction of sp³-hybridized carbons (Fsp3) is 0.300. The summed E-state index contributed by atoms with van der Waals surface area (Å²) in [4.78, 5) is 31.1. The van der Waals surface area contributed by atoms with Crippen molar-refractivity contribution >= 4 is 17.6 Å². The number of hydroxylamine groups is 1. The van der Waals surface area contributed by atoms with Gasteiger partial charge in [0.2, 0.25) is 5.71 Å².